The van der Waals surface area contributed by atoms with Crippen molar-refractivity contribution in [2.75, 3.05) is 13.1 Å². The molecule has 0 saturated carbocycles. The number of hydrogen-bond donors (Lipinski definition) is 1. The number of carbonyl (C=O) groups excluding carboxylic acids is 1. The molecule has 1 aromatic heterocycles. The number of amides is 1. The molecule has 3 rings (SSSR count). The van der Waals surface area contributed by atoms with E-state index in [0.717, 1.165) is 32.4 Å². The molecule has 0 aliphatic carbocycles. The van der Waals surface area contributed by atoms with Crippen LogP contribution in [0.3, 0.4) is 0 Å². The third-order valence-corrected chi connectivity index (χ3v) is 5.01. The van der Waals surface area contributed by atoms with Crippen LogP contribution in [0.5, 0.6) is 0 Å². The van der Waals surface area contributed by atoms with Gasteiger partial charge in [-0.1, -0.05) is 0 Å². The molecule has 3 atom stereocenters. The van der Waals surface area contributed by atoms with Crippen LogP contribution < -0.4 is 5.32 Å². The van der Waals surface area contributed by atoms with Crippen molar-refractivity contribution in [2.24, 2.45) is 5.92 Å². The fourth-order valence-electron chi connectivity index (χ4n) is 3.25. The molecule has 1 N–H and O–H groups in total. The van der Waals surface area contributed by atoms with E-state index in [-0.39, 0.29) is 5.92 Å². The average molecular weight is 264 g/mol. The van der Waals surface area contributed by atoms with Crippen LogP contribution in [0.15, 0.2) is 16.8 Å². The first-order valence-corrected chi connectivity index (χ1v) is 7.77. The monoisotopic (exact) mass is 264 g/mol. The highest BCUT2D eigenvalue weighted by Gasteiger charge is 2.37. The van der Waals surface area contributed by atoms with Crippen LogP contribution in [0.1, 0.15) is 37.8 Å². The van der Waals surface area contributed by atoms with Gasteiger partial charge in [-0.2, -0.15) is 11.3 Å². The Bertz CT molecular complexity index is 417. The number of thiophene rings is 1. The summed E-state index contributed by atoms with van der Waals surface area (Å²) in [6.07, 6.45) is 3.25. The Morgan fingerprint density at radius 3 is 3.06 bits per heavy atom. The van der Waals surface area contributed by atoms with E-state index >= 15 is 0 Å². The molecule has 0 aromatic carbocycles. The predicted octanol–water partition coefficient (Wildman–Crippen LogP) is 2.41. The van der Waals surface area contributed by atoms with Gasteiger partial charge in [0.15, 0.2) is 0 Å². The maximum absolute atomic E-state index is 12.7. The van der Waals surface area contributed by atoms with Gasteiger partial charge >= 0.3 is 0 Å². The second-order valence-corrected chi connectivity index (χ2v) is 6.16. The number of carbonyl (C=O) groups is 1. The van der Waals surface area contributed by atoms with Gasteiger partial charge in [-0.15, -0.1) is 0 Å². The highest BCUT2D eigenvalue weighted by atomic mass is 32.1. The minimum atomic E-state index is 0.184. The van der Waals surface area contributed by atoms with Gasteiger partial charge in [0.25, 0.3) is 0 Å². The van der Waals surface area contributed by atoms with Crippen LogP contribution in [-0.2, 0) is 4.79 Å². The fourth-order valence-corrected chi connectivity index (χ4v) is 3.96. The van der Waals surface area contributed by atoms with Gasteiger partial charge in [-0.25, -0.2) is 0 Å². The second-order valence-electron chi connectivity index (χ2n) is 5.38. The summed E-state index contributed by atoms with van der Waals surface area (Å²) < 4.78 is 0. The molecule has 2 saturated heterocycles. The van der Waals surface area contributed by atoms with Crippen LogP contribution in [0.2, 0.25) is 0 Å². The van der Waals surface area contributed by atoms with Crippen molar-refractivity contribution < 1.29 is 4.79 Å². The van der Waals surface area contributed by atoms with Crippen molar-refractivity contribution in [1.82, 2.24) is 10.2 Å². The van der Waals surface area contributed by atoms with Crippen LogP contribution >= 0.6 is 11.3 Å². The van der Waals surface area contributed by atoms with Crippen LogP contribution in [0.4, 0.5) is 0 Å². The molecule has 0 radical (unpaired) electrons. The molecule has 3 unspecified atom stereocenters. The molecule has 18 heavy (non-hydrogen) atoms. The SMILES string of the molecule is CC1NCCC1C(=O)N1CCCC1c1ccsc1. The second kappa shape index (κ2) is 5.02. The third kappa shape index (κ3) is 2.08. The molecule has 2 aliphatic rings. The first-order chi connectivity index (χ1) is 8.77. The van der Waals surface area contributed by atoms with Crippen molar-refractivity contribution in [3.05, 3.63) is 22.4 Å². The summed E-state index contributed by atoms with van der Waals surface area (Å²) in [7, 11) is 0. The lowest BCUT2D eigenvalue weighted by atomic mass is 9.99. The number of rotatable bonds is 2. The van der Waals surface area contributed by atoms with Crippen molar-refractivity contribution in [1.29, 1.82) is 0 Å². The van der Waals surface area contributed by atoms with E-state index in [2.05, 4.69) is 34.0 Å². The number of likely N-dealkylation sites (tertiary alicyclic amines) is 1. The van der Waals surface area contributed by atoms with Crippen LogP contribution in [0, 0.1) is 5.92 Å². The van der Waals surface area contributed by atoms with E-state index in [9.17, 15) is 4.79 Å². The first-order valence-electron chi connectivity index (χ1n) is 6.83. The van der Waals surface area contributed by atoms with Gasteiger partial charge < -0.3 is 10.2 Å². The third-order valence-electron chi connectivity index (χ3n) is 4.31. The molecular formula is C14H20N2OS. The fraction of sp³-hybridized carbons (Fsp3) is 0.643. The lowest BCUT2D eigenvalue weighted by Gasteiger charge is -2.28. The van der Waals surface area contributed by atoms with Crippen molar-refractivity contribution in [3.8, 4) is 0 Å². The van der Waals surface area contributed by atoms with Crippen molar-refractivity contribution >= 4 is 17.2 Å². The lowest BCUT2D eigenvalue weighted by molar-refractivity contribution is -0.136. The van der Waals surface area contributed by atoms with E-state index in [1.807, 2.05) is 0 Å². The van der Waals surface area contributed by atoms with Gasteiger partial charge in [0, 0.05) is 12.6 Å². The van der Waals surface area contributed by atoms with E-state index in [1.165, 1.54) is 5.56 Å². The average Bonchev–Trinajstić information content (AvgIpc) is 3.09. The van der Waals surface area contributed by atoms with Crippen molar-refractivity contribution in [3.63, 3.8) is 0 Å². The van der Waals surface area contributed by atoms with Gasteiger partial charge in [0.2, 0.25) is 5.91 Å². The Hall–Kier alpha value is -0.870. The van der Waals surface area contributed by atoms with Crippen LogP contribution in [0.25, 0.3) is 0 Å². The molecule has 2 fully saturated rings. The summed E-state index contributed by atoms with van der Waals surface area (Å²) in [5.41, 5.74) is 1.32. The molecular weight excluding hydrogens is 244 g/mol. The number of nitrogens with zero attached hydrogens (tertiary/aromatic N) is 1. The summed E-state index contributed by atoms with van der Waals surface area (Å²) in [5, 5.41) is 7.67. The summed E-state index contributed by atoms with van der Waals surface area (Å²) >= 11 is 1.72. The Labute approximate surface area is 112 Å². The van der Waals surface area contributed by atoms with E-state index in [1.54, 1.807) is 11.3 Å². The number of nitrogens with one attached hydrogen (secondary N) is 1. The first kappa shape index (κ1) is 12.2. The summed E-state index contributed by atoms with van der Waals surface area (Å²) in [4.78, 5) is 14.8. The molecule has 2 aliphatic heterocycles. The van der Waals surface area contributed by atoms with Gasteiger partial charge in [0.1, 0.15) is 0 Å². The van der Waals surface area contributed by atoms with E-state index in [4.69, 9.17) is 0 Å². The zero-order valence-electron chi connectivity index (χ0n) is 10.8. The highest BCUT2D eigenvalue weighted by molar-refractivity contribution is 7.07. The minimum absolute atomic E-state index is 0.184. The van der Waals surface area contributed by atoms with Crippen LogP contribution in [-0.4, -0.2) is 29.9 Å². The van der Waals surface area contributed by atoms with Gasteiger partial charge in [0.05, 0.1) is 12.0 Å². The number of hydrogen-bond acceptors (Lipinski definition) is 3. The molecule has 1 amide bonds. The topological polar surface area (TPSA) is 32.3 Å². The largest absolute Gasteiger partial charge is 0.335 e. The Morgan fingerprint density at radius 2 is 2.39 bits per heavy atom. The zero-order valence-corrected chi connectivity index (χ0v) is 11.6. The Morgan fingerprint density at radius 1 is 1.50 bits per heavy atom. The maximum atomic E-state index is 12.7. The molecule has 4 heteroatoms. The standard InChI is InChI=1S/C14H20N2OS/c1-10-12(4-6-15-10)14(17)16-7-2-3-13(16)11-5-8-18-9-11/h5,8-10,12-13,15H,2-4,6-7H2,1H3. The Balaban J connectivity index is 1.76. The molecule has 3 heterocycles. The quantitative estimate of drug-likeness (QED) is 0.889. The maximum Gasteiger partial charge on any atom is 0.227 e. The van der Waals surface area contributed by atoms with Crippen molar-refractivity contribution in [2.45, 2.75) is 38.3 Å². The summed E-state index contributed by atoms with van der Waals surface area (Å²) in [5.74, 6) is 0.547. The highest BCUT2D eigenvalue weighted by Crippen LogP contribution is 2.35. The molecule has 0 spiro atoms. The molecule has 3 nitrogen and oxygen atoms in total. The molecule has 98 valence electrons. The Kier molecular flexibility index (Phi) is 3.39. The van der Waals surface area contributed by atoms with Gasteiger partial charge in [-0.3, -0.25) is 4.79 Å². The molecule has 1 aromatic rings. The predicted molar refractivity (Wildman–Crippen MR) is 73.6 cm³/mol. The minimum Gasteiger partial charge on any atom is -0.335 e. The molecule has 0 bridgehead atoms. The van der Waals surface area contributed by atoms with Gasteiger partial charge in [-0.05, 0) is 55.1 Å². The van der Waals surface area contributed by atoms with E-state index in [0.29, 0.717) is 18.0 Å². The summed E-state index contributed by atoms with van der Waals surface area (Å²) in [6.45, 7) is 4.04. The smallest absolute Gasteiger partial charge is 0.227 e. The zero-order chi connectivity index (χ0) is 12.5. The van der Waals surface area contributed by atoms with E-state index < -0.39 is 0 Å². The summed E-state index contributed by atoms with van der Waals surface area (Å²) in [6, 6.07) is 2.83. The normalized spacial score (nSPS) is 32.1. The lowest BCUT2D eigenvalue weighted by Crippen LogP contribution is -2.39.